The molecule has 0 spiro atoms. The number of aromatic carboxylic acids is 1. The number of alkyl halides is 3. The van der Waals surface area contributed by atoms with Crippen molar-refractivity contribution in [1.82, 2.24) is 0 Å². The minimum Gasteiger partial charge on any atom is -0.478 e. The largest absolute Gasteiger partial charge is 0.573 e. The molecule has 0 aliphatic heterocycles. The molecule has 2 aromatic carbocycles. The number of halogens is 4. The number of hydrogen-bond donors (Lipinski definition) is 2. The van der Waals surface area contributed by atoms with Gasteiger partial charge in [-0.25, -0.2) is 9.18 Å². The monoisotopic (exact) mass is 386 g/mol. The molecular weight excluding hydrogens is 368 g/mol. The standard InChI is InChI=1S/C19H18F4O4/c1-2-3-14(12-6-9-15(18(25)26)16(20)10-12)17(24)11-4-7-13(8-5-11)27-19(21,22)23/h4-10,14,17,24H,2-3H2,1H3,(H,25,26)/t14-,17+/m1/s1. The van der Waals surface area contributed by atoms with E-state index in [-0.39, 0.29) is 0 Å². The van der Waals surface area contributed by atoms with Crippen LogP contribution in [0.25, 0.3) is 0 Å². The Labute approximate surface area is 153 Å². The fraction of sp³-hybridized carbons (Fsp3) is 0.316. The second kappa shape index (κ2) is 8.39. The van der Waals surface area contributed by atoms with E-state index in [2.05, 4.69) is 4.74 Å². The Morgan fingerprint density at radius 1 is 1.11 bits per heavy atom. The molecule has 2 rings (SSSR count). The van der Waals surface area contributed by atoms with Crippen molar-refractivity contribution in [1.29, 1.82) is 0 Å². The SMILES string of the molecule is CCC[C@H](c1ccc(C(=O)O)c(F)c1)[C@@H](O)c1ccc(OC(F)(F)F)cc1. The van der Waals surface area contributed by atoms with Crippen molar-refractivity contribution in [3.8, 4) is 5.75 Å². The summed E-state index contributed by atoms with van der Waals surface area (Å²) < 4.78 is 54.5. The van der Waals surface area contributed by atoms with Gasteiger partial charge in [0.2, 0.25) is 0 Å². The van der Waals surface area contributed by atoms with Gasteiger partial charge in [0.1, 0.15) is 11.6 Å². The van der Waals surface area contributed by atoms with Crippen LogP contribution >= 0.6 is 0 Å². The Kier molecular flexibility index (Phi) is 6.43. The summed E-state index contributed by atoms with van der Waals surface area (Å²) in [5.41, 5.74) is 0.269. The lowest BCUT2D eigenvalue weighted by atomic mass is 9.85. The molecule has 0 aliphatic carbocycles. The van der Waals surface area contributed by atoms with Crippen molar-refractivity contribution >= 4 is 5.97 Å². The summed E-state index contributed by atoms with van der Waals surface area (Å²) in [5, 5.41) is 19.6. The van der Waals surface area contributed by atoms with Gasteiger partial charge in [-0.15, -0.1) is 13.2 Å². The lowest BCUT2D eigenvalue weighted by Gasteiger charge is -2.24. The zero-order valence-corrected chi connectivity index (χ0v) is 14.3. The van der Waals surface area contributed by atoms with Crippen LogP contribution in [0.5, 0.6) is 5.75 Å². The lowest BCUT2D eigenvalue weighted by Crippen LogP contribution is -2.17. The van der Waals surface area contributed by atoms with Crippen LogP contribution in [-0.4, -0.2) is 22.5 Å². The Morgan fingerprint density at radius 3 is 2.19 bits per heavy atom. The molecule has 2 atom stereocenters. The predicted octanol–water partition coefficient (Wildman–Crippen LogP) is 5.04. The molecule has 0 saturated heterocycles. The summed E-state index contributed by atoms with van der Waals surface area (Å²) in [6, 6.07) is 8.40. The van der Waals surface area contributed by atoms with Gasteiger partial charge in [-0.05, 0) is 41.8 Å². The van der Waals surface area contributed by atoms with E-state index in [0.29, 0.717) is 24.0 Å². The summed E-state index contributed by atoms with van der Waals surface area (Å²) >= 11 is 0. The quantitative estimate of drug-likeness (QED) is 0.655. The maximum atomic E-state index is 14.0. The highest BCUT2D eigenvalue weighted by atomic mass is 19.4. The van der Waals surface area contributed by atoms with Crippen LogP contribution < -0.4 is 4.74 Å². The Balaban J connectivity index is 2.28. The van der Waals surface area contributed by atoms with Crippen molar-refractivity contribution in [2.75, 3.05) is 0 Å². The molecule has 2 N–H and O–H groups in total. The van der Waals surface area contributed by atoms with Gasteiger partial charge in [-0.2, -0.15) is 0 Å². The van der Waals surface area contributed by atoms with Crippen LogP contribution in [0.1, 0.15) is 53.3 Å². The zero-order chi connectivity index (χ0) is 20.2. The number of carboxylic acids is 1. The fourth-order valence-electron chi connectivity index (χ4n) is 2.85. The summed E-state index contributed by atoms with van der Waals surface area (Å²) in [7, 11) is 0. The maximum Gasteiger partial charge on any atom is 0.573 e. The van der Waals surface area contributed by atoms with E-state index in [1.165, 1.54) is 18.2 Å². The number of aliphatic hydroxyl groups excluding tert-OH is 1. The van der Waals surface area contributed by atoms with Crippen LogP contribution in [0.2, 0.25) is 0 Å². The van der Waals surface area contributed by atoms with Crippen LogP contribution in [0.15, 0.2) is 42.5 Å². The zero-order valence-electron chi connectivity index (χ0n) is 14.3. The van der Waals surface area contributed by atoms with E-state index in [0.717, 1.165) is 24.3 Å². The molecule has 0 unspecified atom stereocenters. The number of hydrogen-bond acceptors (Lipinski definition) is 3. The Hall–Kier alpha value is -2.61. The number of carbonyl (C=O) groups is 1. The van der Waals surface area contributed by atoms with Gasteiger partial charge in [-0.1, -0.05) is 31.5 Å². The number of benzene rings is 2. The summed E-state index contributed by atoms with van der Waals surface area (Å²) in [6.45, 7) is 1.86. The topological polar surface area (TPSA) is 66.8 Å². The van der Waals surface area contributed by atoms with E-state index in [4.69, 9.17) is 5.11 Å². The molecule has 2 aromatic rings. The third-order valence-electron chi connectivity index (χ3n) is 4.09. The van der Waals surface area contributed by atoms with E-state index in [1.807, 2.05) is 6.92 Å². The molecule has 0 amide bonds. The number of carboxylic acid groups (broad SMARTS) is 1. The van der Waals surface area contributed by atoms with Crippen molar-refractivity contribution in [3.05, 3.63) is 65.0 Å². The number of aliphatic hydroxyl groups is 1. The highest BCUT2D eigenvalue weighted by Crippen LogP contribution is 2.36. The van der Waals surface area contributed by atoms with Gasteiger partial charge in [0.05, 0.1) is 11.7 Å². The maximum absolute atomic E-state index is 14.0. The first-order chi connectivity index (χ1) is 12.6. The van der Waals surface area contributed by atoms with Crippen LogP contribution in [0.4, 0.5) is 17.6 Å². The molecule has 4 nitrogen and oxygen atoms in total. The normalized spacial score (nSPS) is 13.9. The molecule has 0 saturated carbocycles. The third kappa shape index (κ3) is 5.43. The molecule has 0 aliphatic rings. The highest BCUT2D eigenvalue weighted by Gasteiger charge is 2.31. The molecule has 8 heteroatoms. The number of rotatable bonds is 7. The van der Waals surface area contributed by atoms with Gasteiger partial charge in [-0.3, -0.25) is 0 Å². The molecule has 0 radical (unpaired) electrons. The van der Waals surface area contributed by atoms with E-state index in [1.54, 1.807) is 0 Å². The first kappa shape index (κ1) is 20.7. The van der Waals surface area contributed by atoms with Crippen molar-refractivity contribution in [2.45, 2.75) is 38.1 Å². The van der Waals surface area contributed by atoms with E-state index >= 15 is 0 Å². The van der Waals surface area contributed by atoms with Gasteiger partial charge < -0.3 is 14.9 Å². The molecule has 0 bridgehead atoms. The Morgan fingerprint density at radius 2 is 1.70 bits per heavy atom. The molecular formula is C19H18F4O4. The fourth-order valence-corrected chi connectivity index (χ4v) is 2.85. The second-order valence-electron chi connectivity index (χ2n) is 6.00. The van der Waals surface area contributed by atoms with Crippen LogP contribution in [-0.2, 0) is 0 Å². The lowest BCUT2D eigenvalue weighted by molar-refractivity contribution is -0.274. The van der Waals surface area contributed by atoms with E-state index in [9.17, 15) is 27.5 Å². The average molecular weight is 386 g/mol. The van der Waals surface area contributed by atoms with Gasteiger partial charge in [0.25, 0.3) is 0 Å². The Bertz CT molecular complexity index is 787. The van der Waals surface area contributed by atoms with Gasteiger partial charge in [0, 0.05) is 5.92 Å². The summed E-state index contributed by atoms with van der Waals surface area (Å²) in [5.74, 6) is -3.28. The smallest absolute Gasteiger partial charge is 0.478 e. The second-order valence-corrected chi connectivity index (χ2v) is 6.00. The van der Waals surface area contributed by atoms with Gasteiger partial charge in [0.15, 0.2) is 0 Å². The molecule has 27 heavy (non-hydrogen) atoms. The first-order valence-electron chi connectivity index (χ1n) is 8.19. The van der Waals surface area contributed by atoms with Crippen LogP contribution in [0, 0.1) is 5.82 Å². The van der Waals surface area contributed by atoms with Gasteiger partial charge >= 0.3 is 12.3 Å². The number of ether oxygens (including phenoxy) is 1. The van der Waals surface area contributed by atoms with Crippen molar-refractivity contribution < 1.29 is 37.3 Å². The minimum atomic E-state index is -4.81. The molecule has 0 heterocycles. The predicted molar refractivity (Wildman–Crippen MR) is 89.1 cm³/mol. The van der Waals surface area contributed by atoms with E-state index < -0.39 is 41.5 Å². The first-order valence-corrected chi connectivity index (χ1v) is 8.19. The third-order valence-corrected chi connectivity index (χ3v) is 4.09. The van der Waals surface area contributed by atoms with Crippen molar-refractivity contribution in [2.24, 2.45) is 0 Å². The highest BCUT2D eigenvalue weighted by molar-refractivity contribution is 5.87. The molecule has 146 valence electrons. The van der Waals surface area contributed by atoms with Crippen molar-refractivity contribution in [3.63, 3.8) is 0 Å². The average Bonchev–Trinajstić information content (AvgIpc) is 2.58. The summed E-state index contributed by atoms with van der Waals surface area (Å²) in [6.07, 6.45) is -4.80. The minimum absolute atomic E-state index is 0.339. The van der Waals surface area contributed by atoms with Crippen LogP contribution in [0.3, 0.4) is 0 Å². The molecule has 0 fully saturated rings. The summed E-state index contributed by atoms with van der Waals surface area (Å²) in [4.78, 5) is 10.9. The molecule has 0 aromatic heterocycles.